The number of non-ortho nitro benzene ring substituents is 1. The fourth-order valence-electron chi connectivity index (χ4n) is 2.15. The maximum Gasteiger partial charge on any atom is 0.326 e. The minimum absolute atomic E-state index is 0.0897. The van der Waals surface area contributed by atoms with Crippen LogP contribution in [0.15, 0.2) is 47.4 Å². The molecular formula is C17H17N3O7. The molecule has 0 aliphatic heterocycles. The largest absolute Gasteiger partial charge is 0.494 e. The van der Waals surface area contributed by atoms with Gasteiger partial charge in [-0.15, -0.1) is 0 Å². The van der Waals surface area contributed by atoms with Gasteiger partial charge in [0.15, 0.2) is 6.10 Å². The van der Waals surface area contributed by atoms with E-state index in [1.165, 1.54) is 44.5 Å². The molecular weight excluding hydrogens is 358 g/mol. The van der Waals surface area contributed by atoms with Crippen LogP contribution >= 0.6 is 0 Å². The molecule has 2 rings (SSSR count). The summed E-state index contributed by atoms with van der Waals surface area (Å²) in [7, 11) is 1.30. The second-order valence-corrected chi connectivity index (χ2v) is 5.43. The predicted octanol–water partition coefficient (Wildman–Crippen LogP) is 1.34. The highest BCUT2D eigenvalue weighted by molar-refractivity contribution is 5.96. The van der Waals surface area contributed by atoms with Crippen LogP contribution in [0.3, 0.4) is 0 Å². The van der Waals surface area contributed by atoms with Gasteiger partial charge in [-0.1, -0.05) is 6.07 Å². The van der Waals surface area contributed by atoms with Gasteiger partial charge >= 0.3 is 5.97 Å². The first kappa shape index (κ1) is 19.6. The third-order valence-electron chi connectivity index (χ3n) is 3.53. The van der Waals surface area contributed by atoms with Gasteiger partial charge in [-0.05, 0) is 19.1 Å². The summed E-state index contributed by atoms with van der Waals surface area (Å²) >= 11 is 0. The molecule has 0 saturated heterocycles. The average molecular weight is 375 g/mol. The van der Waals surface area contributed by atoms with Crippen LogP contribution in [-0.2, 0) is 20.9 Å². The van der Waals surface area contributed by atoms with Gasteiger partial charge in [0.2, 0.25) is 0 Å². The van der Waals surface area contributed by atoms with Gasteiger partial charge in [-0.2, -0.15) is 0 Å². The fraction of sp³-hybridized carbons (Fsp3) is 0.235. The number of methoxy groups -OCH3 is 1. The Labute approximate surface area is 153 Å². The third-order valence-corrected chi connectivity index (χ3v) is 3.53. The van der Waals surface area contributed by atoms with Gasteiger partial charge in [0.25, 0.3) is 17.2 Å². The quantitative estimate of drug-likeness (QED) is 0.439. The van der Waals surface area contributed by atoms with Gasteiger partial charge in [0.05, 0.1) is 23.8 Å². The average Bonchev–Trinajstić information content (AvgIpc) is 2.63. The summed E-state index contributed by atoms with van der Waals surface area (Å²) in [6.07, 6.45) is 0.271. The molecule has 1 heterocycles. The Morgan fingerprint density at radius 3 is 2.67 bits per heavy atom. The molecule has 0 unspecified atom stereocenters. The van der Waals surface area contributed by atoms with E-state index >= 15 is 0 Å². The van der Waals surface area contributed by atoms with E-state index in [0.717, 1.165) is 10.6 Å². The zero-order chi connectivity index (χ0) is 20.0. The van der Waals surface area contributed by atoms with E-state index in [4.69, 9.17) is 9.47 Å². The minimum Gasteiger partial charge on any atom is -0.494 e. The van der Waals surface area contributed by atoms with Crippen LogP contribution in [-0.4, -0.2) is 34.6 Å². The number of nitrogens with zero attached hydrogens (tertiary/aromatic N) is 2. The number of benzene rings is 1. The highest BCUT2D eigenvalue weighted by Gasteiger charge is 2.20. The number of amides is 1. The van der Waals surface area contributed by atoms with Crippen molar-refractivity contribution in [2.24, 2.45) is 0 Å². The molecule has 0 fully saturated rings. The number of carbonyl (C=O) groups excluding carboxylic acids is 2. The Balaban J connectivity index is 2.01. The summed E-state index contributed by atoms with van der Waals surface area (Å²) in [6.45, 7) is 1.02. The molecule has 0 saturated carbocycles. The molecule has 0 spiro atoms. The van der Waals surface area contributed by atoms with E-state index in [0.29, 0.717) is 0 Å². The van der Waals surface area contributed by atoms with Crippen molar-refractivity contribution in [3.05, 3.63) is 63.1 Å². The smallest absolute Gasteiger partial charge is 0.326 e. The molecule has 10 heteroatoms. The van der Waals surface area contributed by atoms with Crippen LogP contribution in [0.5, 0.6) is 5.75 Å². The van der Waals surface area contributed by atoms with Crippen LogP contribution in [0.4, 0.5) is 11.4 Å². The van der Waals surface area contributed by atoms with Crippen LogP contribution in [0.25, 0.3) is 0 Å². The van der Waals surface area contributed by atoms with Crippen molar-refractivity contribution in [1.29, 1.82) is 0 Å². The number of rotatable bonds is 7. The van der Waals surface area contributed by atoms with E-state index in [-0.39, 0.29) is 29.2 Å². The van der Waals surface area contributed by atoms with E-state index < -0.39 is 22.9 Å². The molecule has 142 valence electrons. The molecule has 1 N–H and O–H groups in total. The van der Waals surface area contributed by atoms with Crippen LogP contribution in [0.1, 0.15) is 6.92 Å². The molecule has 0 aliphatic rings. The highest BCUT2D eigenvalue weighted by atomic mass is 16.6. The summed E-state index contributed by atoms with van der Waals surface area (Å²) in [5.41, 5.74) is -0.380. The number of anilines is 1. The molecule has 1 atom stereocenters. The topological polar surface area (TPSA) is 130 Å². The minimum atomic E-state index is -1.16. The molecule has 0 aliphatic carbocycles. The molecule has 0 radical (unpaired) electrons. The highest BCUT2D eigenvalue weighted by Crippen LogP contribution is 2.29. The zero-order valence-corrected chi connectivity index (χ0v) is 14.6. The lowest BCUT2D eigenvalue weighted by Gasteiger charge is -2.15. The first-order chi connectivity index (χ1) is 12.8. The summed E-state index contributed by atoms with van der Waals surface area (Å²) in [5, 5.41) is 13.3. The monoisotopic (exact) mass is 375 g/mol. The van der Waals surface area contributed by atoms with Crippen molar-refractivity contribution in [2.45, 2.75) is 19.6 Å². The first-order valence-electron chi connectivity index (χ1n) is 7.80. The number of nitro groups is 1. The lowest BCUT2D eigenvalue weighted by atomic mass is 10.2. The number of carbonyl (C=O) groups is 2. The normalized spacial score (nSPS) is 11.3. The molecule has 1 amide bonds. The maximum absolute atomic E-state index is 12.2. The van der Waals surface area contributed by atoms with Gasteiger partial charge in [0.1, 0.15) is 12.3 Å². The summed E-state index contributed by atoms with van der Waals surface area (Å²) < 4.78 is 11.2. The van der Waals surface area contributed by atoms with Crippen LogP contribution < -0.4 is 15.6 Å². The number of hydrogen-bond acceptors (Lipinski definition) is 7. The number of nitro benzene ring substituents is 1. The van der Waals surface area contributed by atoms with Gasteiger partial charge in [-0.3, -0.25) is 24.5 Å². The molecule has 27 heavy (non-hydrogen) atoms. The Morgan fingerprint density at radius 1 is 1.30 bits per heavy atom. The molecule has 0 bridgehead atoms. The van der Waals surface area contributed by atoms with E-state index in [9.17, 15) is 24.5 Å². The standard InChI is InChI=1S/C17H17N3O7/c1-11(27-16(22)10-19-8-4-3-5-15(19)21)17(23)18-13-7-6-12(20(24)25)9-14(13)26-2/h3-9,11H,10H2,1-2H3,(H,18,23)/t11-/m1/s1. The number of nitrogens with one attached hydrogen (secondary N) is 1. The van der Waals surface area contributed by atoms with E-state index in [1.807, 2.05) is 0 Å². The SMILES string of the molecule is COc1cc([N+](=O)[O-])ccc1NC(=O)[C@@H](C)OC(=O)Cn1ccccc1=O. The van der Waals surface area contributed by atoms with Crippen LogP contribution in [0.2, 0.25) is 0 Å². The lowest BCUT2D eigenvalue weighted by Crippen LogP contribution is -2.32. The summed E-state index contributed by atoms with van der Waals surface area (Å²) in [4.78, 5) is 45.9. The number of hydrogen-bond donors (Lipinski definition) is 1. The summed E-state index contributed by atoms with van der Waals surface area (Å²) in [5.74, 6) is -1.33. The molecule has 2 aromatic rings. The first-order valence-corrected chi connectivity index (χ1v) is 7.80. The number of pyridine rings is 1. The van der Waals surface area contributed by atoms with Crippen molar-refractivity contribution in [1.82, 2.24) is 4.57 Å². The Kier molecular flexibility index (Phi) is 6.26. The predicted molar refractivity (Wildman–Crippen MR) is 94.5 cm³/mol. The van der Waals surface area contributed by atoms with Gasteiger partial charge in [0, 0.05) is 18.3 Å². The van der Waals surface area contributed by atoms with E-state index in [2.05, 4.69) is 5.32 Å². The maximum atomic E-state index is 12.2. The Morgan fingerprint density at radius 2 is 2.04 bits per heavy atom. The van der Waals surface area contributed by atoms with Gasteiger partial charge < -0.3 is 19.4 Å². The second-order valence-electron chi connectivity index (χ2n) is 5.43. The second kappa shape index (κ2) is 8.61. The van der Waals surface area contributed by atoms with Crippen molar-refractivity contribution < 1.29 is 24.0 Å². The van der Waals surface area contributed by atoms with Crippen LogP contribution in [0, 0.1) is 10.1 Å². The molecule has 1 aromatic heterocycles. The molecule has 10 nitrogen and oxygen atoms in total. The summed E-state index contributed by atoms with van der Waals surface area (Å²) in [6, 6.07) is 8.10. The van der Waals surface area contributed by atoms with Crippen molar-refractivity contribution in [3.8, 4) is 5.75 Å². The third kappa shape index (κ3) is 5.14. The lowest BCUT2D eigenvalue weighted by molar-refractivity contribution is -0.384. The fourth-order valence-corrected chi connectivity index (χ4v) is 2.15. The van der Waals surface area contributed by atoms with Crippen molar-refractivity contribution in [3.63, 3.8) is 0 Å². The van der Waals surface area contributed by atoms with Crippen molar-refractivity contribution in [2.75, 3.05) is 12.4 Å². The Hall–Kier alpha value is -3.69. The number of aromatic nitrogens is 1. The van der Waals surface area contributed by atoms with E-state index in [1.54, 1.807) is 6.07 Å². The molecule has 1 aromatic carbocycles. The number of ether oxygens (including phenoxy) is 2. The van der Waals surface area contributed by atoms with Gasteiger partial charge in [-0.25, -0.2) is 0 Å². The Bertz CT molecular complexity index is 923. The van der Waals surface area contributed by atoms with Crippen molar-refractivity contribution >= 4 is 23.3 Å². The number of esters is 1. The zero-order valence-electron chi connectivity index (χ0n) is 14.6.